The summed E-state index contributed by atoms with van der Waals surface area (Å²) in [5.41, 5.74) is 0. The summed E-state index contributed by atoms with van der Waals surface area (Å²) in [5, 5.41) is 6.82. The topological polar surface area (TPSA) is 72.1 Å². The van der Waals surface area contributed by atoms with Crippen LogP contribution >= 0.6 is 0 Å². The molecule has 0 bridgehead atoms. The van der Waals surface area contributed by atoms with Gasteiger partial charge >= 0.3 is 0 Å². The van der Waals surface area contributed by atoms with E-state index in [-0.39, 0.29) is 11.9 Å². The summed E-state index contributed by atoms with van der Waals surface area (Å²) in [5.74, 6) is 1.03. The van der Waals surface area contributed by atoms with Crippen molar-refractivity contribution in [1.82, 2.24) is 20.2 Å². The standard InChI is InChI=1S/C18H24N4O2/c23-18(17-8-5-14(24-17)11-22-10-9-19-12-22)21-16-7-6-15(16)20-13-3-1-2-4-13/h5,8-10,12-13,15-16,20H,1-4,6-7,11H2,(H,21,23)/t15-,16+/m0/s1. The molecule has 0 saturated heterocycles. The van der Waals surface area contributed by atoms with Gasteiger partial charge in [0.1, 0.15) is 5.76 Å². The number of carbonyl (C=O) groups excluding carboxylic acids is 1. The molecule has 2 fully saturated rings. The largest absolute Gasteiger partial charge is 0.454 e. The zero-order valence-corrected chi connectivity index (χ0v) is 13.8. The van der Waals surface area contributed by atoms with E-state index >= 15 is 0 Å². The molecule has 6 heteroatoms. The number of nitrogens with zero attached hydrogens (tertiary/aromatic N) is 2. The monoisotopic (exact) mass is 328 g/mol. The van der Waals surface area contributed by atoms with Crippen LogP contribution < -0.4 is 10.6 Å². The first-order valence-corrected chi connectivity index (χ1v) is 8.89. The van der Waals surface area contributed by atoms with E-state index in [1.165, 1.54) is 25.7 Å². The van der Waals surface area contributed by atoms with Crippen LogP contribution in [0.4, 0.5) is 0 Å². The lowest BCUT2D eigenvalue weighted by atomic mass is 9.85. The first kappa shape index (κ1) is 15.4. The fraction of sp³-hybridized carbons (Fsp3) is 0.556. The normalized spacial score (nSPS) is 24.0. The molecule has 2 heterocycles. The molecule has 2 atom stereocenters. The Morgan fingerprint density at radius 3 is 2.75 bits per heavy atom. The number of amides is 1. The smallest absolute Gasteiger partial charge is 0.287 e. The number of furan rings is 1. The number of hydrogen-bond donors (Lipinski definition) is 2. The predicted molar refractivity (Wildman–Crippen MR) is 89.7 cm³/mol. The van der Waals surface area contributed by atoms with Crippen molar-refractivity contribution >= 4 is 5.91 Å². The summed E-state index contributed by atoms with van der Waals surface area (Å²) in [6.45, 7) is 0.586. The van der Waals surface area contributed by atoms with Crippen LogP contribution in [0.25, 0.3) is 0 Å². The quantitative estimate of drug-likeness (QED) is 0.853. The van der Waals surface area contributed by atoms with Crippen LogP contribution in [0, 0.1) is 0 Å². The molecule has 24 heavy (non-hydrogen) atoms. The van der Waals surface area contributed by atoms with E-state index in [4.69, 9.17) is 4.42 Å². The van der Waals surface area contributed by atoms with E-state index in [0.29, 0.717) is 24.4 Å². The van der Waals surface area contributed by atoms with Gasteiger partial charge in [-0.15, -0.1) is 0 Å². The van der Waals surface area contributed by atoms with E-state index in [1.54, 1.807) is 18.6 Å². The number of hydrogen-bond acceptors (Lipinski definition) is 4. The summed E-state index contributed by atoms with van der Waals surface area (Å²) in [6.07, 6.45) is 12.7. The second-order valence-electron chi connectivity index (χ2n) is 6.91. The maximum atomic E-state index is 12.4. The highest BCUT2D eigenvalue weighted by Crippen LogP contribution is 2.25. The third-order valence-electron chi connectivity index (χ3n) is 5.18. The maximum Gasteiger partial charge on any atom is 0.287 e. The predicted octanol–water partition coefficient (Wildman–Crippen LogP) is 2.32. The molecule has 2 N–H and O–H groups in total. The van der Waals surface area contributed by atoms with Crippen molar-refractivity contribution in [3.63, 3.8) is 0 Å². The lowest BCUT2D eigenvalue weighted by molar-refractivity contribution is 0.0859. The van der Waals surface area contributed by atoms with Gasteiger partial charge in [-0.25, -0.2) is 4.98 Å². The summed E-state index contributed by atoms with van der Waals surface area (Å²) >= 11 is 0. The van der Waals surface area contributed by atoms with Crippen molar-refractivity contribution < 1.29 is 9.21 Å². The molecule has 0 unspecified atom stereocenters. The second kappa shape index (κ2) is 6.81. The Labute approximate surface area is 141 Å². The van der Waals surface area contributed by atoms with E-state index in [9.17, 15) is 4.79 Å². The van der Waals surface area contributed by atoms with Crippen LogP contribution in [0.1, 0.15) is 54.8 Å². The van der Waals surface area contributed by atoms with Crippen LogP contribution in [0.3, 0.4) is 0 Å². The Bertz CT molecular complexity index is 673. The SMILES string of the molecule is O=C(N[C@@H]1CC[C@@H]1NC1CCCC1)c1ccc(Cn2ccnc2)o1. The molecule has 0 spiro atoms. The van der Waals surface area contributed by atoms with E-state index < -0.39 is 0 Å². The molecule has 1 amide bonds. The van der Waals surface area contributed by atoms with Gasteiger partial charge in [-0.2, -0.15) is 0 Å². The Kier molecular flexibility index (Phi) is 4.38. The van der Waals surface area contributed by atoms with Crippen molar-refractivity contribution in [3.8, 4) is 0 Å². The van der Waals surface area contributed by atoms with Gasteiger partial charge in [0.25, 0.3) is 5.91 Å². The maximum absolute atomic E-state index is 12.4. The van der Waals surface area contributed by atoms with Crippen LogP contribution in [0.2, 0.25) is 0 Å². The van der Waals surface area contributed by atoms with Crippen LogP contribution in [-0.2, 0) is 6.54 Å². The Hall–Kier alpha value is -2.08. The minimum atomic E-state index is -0.116. The summed E-state index contributed by atoms with van der Waals surface area (Å²) in [4.78, 5) is 16.4. The molecule has 2 aliphatic carbocycles. The molecule has 6 nitrogen and oxygen atoms in total. The number of aromatic nitrogens is 2. The van der Waals surface area contributed by atoms with Crippen molar-refractivity contribution in [2.45, 2.75) is 63.2 Å². The van der Waals surface area contributed by atoms with Gasteiger partial charge in [-0.05, 0) is 37.8 Å². The summed E-state index contributed by atoms with van der Waals surface area (Å²) < 4.78 is 7.59. The third kappa shape index (κ3) is 3.38. The minimum absolute atomic E-state index is 0.116. The van der Waals surface area contributed by atoms with Crippen LogP contribution in [-0.4, -0.2) is 33.6 Å². The molecule has 0 aromatic carbocycles. The highest BCUT2D eigenvalue weighted by molar-refractivity contribution is 5.91. The number of imidazole rings is 1. The highest BCUT2D eigenvalue weighted by Gasteiger charge is 2.34. The average Bonchev–Trinajstić information content (AvgIpc) is 3.31. The molecule has 2 aromatic rings. The van der Waals surface area contributed by atoms with Crippen molar-refractivity contribution in [3.05, 3.63) is 42.4 Å². The van der Waals surface area contributed by atoms with Gasteiger partial charge in [0.05, 0.1) is 12.9 Å². The molecular weight excluding hydrogens is 304 g/mol. The van der Waals surface area contributed by atoms with E-state index in [0.717, 1.165) is 18.6 Å². The van der Waals surface area contributed by atoms with Gasteiger partial charge in [-0.3, -0.25) is 4.79 Å². The first-order valence-electron chi connectivity index (χ1n) is 8.89. The number of carbonyl (C=O) groups is 1. The van der Waals surface area contributed by atoms with Crippen molar-refractivity contribution in [1.29, 1.82) is 0 Å². The Morgan fingerprint density at radius 2 is 2.04 bits per heavy atom. The van der Waals surface area contributed by atoms with Crippen molar-refractivity contribution in [2.24, 2.45) is 0 Å². The highest BCUT2D eigenvalue weighted by atomic mass is 16.4. The van der Waals surface area contributed by atoms with Gasteiger partial charge in [-0.1, -0.05) is 12.8 Å². The minimum Gasteiger partial charge on any atom is -0.454 e. The fourth-order valence-corrected chi connectivity index (χ4v) is 3.65. The molecule has 2 aliphatic rings. The molecule has 2 aromatic heterocycles. The molecule has 0 aliphatic heterocycles. The Balaban J connectivity index is 1.30. The second-order valence-corrected chi connectivity index (χ2v) is 6.91. The number of nitrogens with one attached hydrogen (secondary N) is 2. The lowest BCUT2D eigenvalue weighted by Crippen LogP contribution is -2.58. The summed E-state index contributed by atoms with van der Waals surface area (Å²) in [6, 6.07) is 4.88. The van der Waals surface area contributed by atoms with Gasteiger partial charge in [0, 0.05) is 30.5 Å². The average molecular weight is 328 g/mol. The van der Waals surface area contributed by atoms with Gasteiger partial charge in [0.15, 0.2) is 5.76 Å². The van der Waals surface area contributed by atoms with Gasteiger partial charge in [0.2, 0.25) is 0 Å². The van der Waals surface area contributed by atoms with Gasteiger partial charge < -0.3 is 19.6 Å². The molecule has 128 valence electrons. The van der Waals surface area contributed by atoms with E-state index in [1.807, 2.05) is 16.8 Å². The molecule has 4 rings (SSSR count). The first-order chi connectivity index (χ1) is 11.8. The lowest BCUT2D eigenvalue weighted by Gasteiger charge is -2.39. The fourth-order valence-electron chi connectivity index (χ4n) is 3.65. The summed E-state index contributed by atoms with van der Waals surface area (Å²) in [7, 11) is 0. The third-order valence-corrected chi connectivity index (χ3v) is 5.18. The zero-order chi connectivity index (χ0) is 16.4. The van der Waals surface area contributed by atoms with E-state index in [2.05, 4.69) is 15.6 Å². The molecule has 2 saturated carbocycles. The van der Waals surface area contributed by atoms with Crippen molar-refractivity contribution in [2.75, 3.05) is 0 Å². The molecule has 0 radical (unpaired) electrons. The van der Waals surface area contributed by atoms with Crippen LogP contribution in [0.5, 0.6) is 0 Å². The van der Waals surface area contributed by atoms with Crippen LogP contribution in [0.15, 0.2) is 35.3 Å². The number of rotatable bonds is 6. The zero-order valence-electron chi connectivity index (χ0n) is 13.8. The molecular formula is C18H24N4O2. The Morgan fingerprint density at radius 1 is 1.21 bits per heavy atom.